The van der Waals surface area contributed by atoms with Crippen molar-refractivity contribution in [3.8, 4) is 11.1 Å². The third-order valence-electron chi connectivity index (χ3n) is 7.52. The fraction of sp³-hybridized carbons (Fsp3) is 0.500. The zero-order chi connectivity index (χ0) is 21.3. The van der Waals surface area contributed by atoms with Crippen LogP contribution in [0.4, 0.5) is 0 Å². The van der Waals surface area contributed by atoms with Crippen LogP contribution in [0.3, 0.4) is 0 Å². The number of likely N-dealkylation sites (tertiary alicyclic amines) is 2. The minimum Gasteiger partial charge on any atom is -0.396 e. The number of hydrogen-bond donors (Lipinski definition) is 1. The van der Waals surface area contributed by atoms with E-state index in [0.29, 0.717) is 25.7 Å². The standard InChI is InChI=1S/C26H32N2O3/c29-19-26-17-27(14-22-8-4-5-9-24(22)20-6-2-1-3-7-20)15-23(26)16-28(18-26)25(30)21-10-12-31-13-11-21/h1-9,21,23,29H,10-19H2/t23-,26+/m0/s1. The molecule has 3 heterocycles. The highest BCUT2D eigenvalue weighted by Gasteiger charge is 2.53. The maximum atomic E-state index is 13.0. The van der Waals surface area contributed by atoms with Gasteiger partial charge in [-0.3, -0.25) is 9.69 Å². The second kappa shape index (κ2) is 8.73. The van der Waals surface area contributed by atoms with E-state index in [9.17, 15) is 9.90 Å². The zero-order valence-corrected chi connectivity index (χ0v) is 18.1. The van der Waals surface area contributed by atoms with Crippen LogP contribution < -0.4 is 0 Å². The monoisotopic (exact) mass is 420 g/mol. The Morgan fingerprint density at radius 2 is 1.74 bits per heavy atom. The highest BCUT2D eigenvalue weighted by atomic mass is 16.5. The number of ether oxygens (including phenoxy) is 1. The molecule has 1 amide bonds. The van der Waals surface area contributed by atoms with Gasteiger partial charge in [0.1, 0.15) is 0 Å². The zero-order valence-electron chi connectivity index (χ0n) is 18.1. The number of benzene rings is 2. The molecule has 0 unspecified atom stereocenters. The normalized spacial score (nSPS) is 26.9. The van der Waals surface area contributed by atoms with Crippen molar-refractivity contribution in [2.24, 2.45) is 17.3 Å². The Morgan fingerprint density at radius 1 is 1.00 bits per heavy atom. The molecule has 3 fully saturated rings. The Hall–Kier alpha value is -2.21. The van der Waals surface area contributed by atoms with Crippen molar-refractivity contribution in [1.29, 1.82) is 0 Å². The lowest BCUT2D eigenvalue weighted by Crippen LogP contribution is -2.41. The number of carbonyl (C=O) groups excluding carboxylic acids is 1. The minimum absolute atomic E-state index is 0.0946. The van der Waals surface area contributed by atoms with Gasteiger partial charge in [0.2, 0.25) is 5.91 Å². The molecule has 0 bridgehead atoms. The molecule has 5 heteroatoms. The molecule has 0 aliphatic carbocycles. The molecule has 2 aromatic carbocycles. The van der Waals surface area contributed by atoms with Crippen molar-refractivity contribution in [2.45, 2.75) is 19.4 Å². The summed E-state index contributed by atoms with van der Waals surface area (Å²) in [5, 5.41) is 10.4. The van der Waals surface area contributed by atoms with E-state index in [1.165, 1.54) is 16.7 Å². The molecule has 0 saturated carbocycles. The third kappa shape index (κ3) is 4.02. The van der Waals surface area contributed by atoms with Crippen molar-refractivity contribution in [2.75, 3.05) is 46.0 Å². The number of aliphatic hydroxyl groups excluding tert-OH is 1. The van der Waals surface area contributed by atoms with Gasteiger partial charge < -0.3 is 14.7 Å². The van der Waals surface area contributed by atoms with E-state index in [1.807, 2.05) is 11.0 Å². The van der Waals surface area contributed by atoms with Gasteiger partial charge in [0, 0.05) is 57.3 Å². The van der Waals surface area contributed by atoms with E-state index < -0.39 is 0 Å². The van der Waals surface area contributed by atoms with Crippen LogP contribution in [0.25, 0.3) is 11.1 Å². The van der Waals surface area contributed by atoms with Crippen LogP contribution in [0.5, 0.6) is 0 Å². The quantitative estimate of drug-likeness (QED) is 0.808. The first kappa shape index (κ1) is 20.7. The van der Waals surface area contributed by atoms with E-state index >= 15 is 0 Å². The Labute approximate surface area is 184 Å². The molecule has 31 heavy (non-hydrogen) atoms. The van der Waals surface area contributed by atoms with Crippen LogP contribution in [0.2, 0.25) is 0 Å². The van der Waals surface area contributed by atoms with Crippen LogP contribution in [0, 0.1) is 17.3 Å². The first-order valence-corrected chi connectivity index (χ1v) is 11.5. The molecule has 3 aliphatic rings. The van der Waals surface area contributed by atoms with Crippen molar-refractivity contribution in [3.63, 3.8) is 0 Å². The maximum Gasteiger partial charge on any atom is 0.225 e. The summed E-state index contributed by atoms with van der Waals surface area (Å²) in [6.07, 6.45) is 1.66. The number of aliphatic hydroxyl groups is 1. The highest BCUT2D eigenvalue weighted by Crippen LogP contribution is 2.43. The van der Waals surface area contributed by atoms with Gasteiger partial charge in [-0.05, 0) is 35.4 Å². The van der Waals surface area contributed by atoms with Crippen LogP contribution in [-0.4, -0.2) is 66.8 Å². The van der Waals surface area contributed by atoms with Gasteiger partial charge in [-0.25, -0.2) is 0 Å². The molecule has 5 rings (SSSR count). The molecule has 2 aromatic rings. The fourth-order valence-electron chi connectivity index (χ4n) is 5.80. The second-order valence-corrected chi connectivity index (χ2v) is 9.52. The Bertz CT molecular complexity index is 912. The number of rotatable bonds is 5. The summed E-state index contributed by atoms with van der Waals surface area (Å²) in [6, 6.07) is 19.1. The second-order valence-electron chi connectivity index (χ2n) is 9.52. The van der Waals surface area contributed by atoms with E-state index in [0.717, 1.165) is 39.0 Å². The maximum absolute atomic E-state index is 13.0. The van der Waals surface area contributed by atoms with E-state index in [-0.39, 0.29) is 23.8 Å². The van der Waals surface area contributed by atoms with E-state index in [2.05, 4.69) is 53.4 Å². The summed E-state index contributed by atoms with van der Waals surface area (Å²) in [5.41, 5.74) is 3.64. The van der Waals surface area contributed by atoms with E-state index in [1.54, 1.807) is 0 Å². The van der Waals surface area contributed by atoms with Gasteiger partial charge in [0.15, 0.2) is 0 Å². The molecule has 3 saturated heterocycles. The summed E-state index contributed by atoms with van der Waals surface area (Å²) < 4.78 is 5.42. The highest BCUT2D eigenvalue weighted by molar-refractivity contribution is 5.79. The first-order chi connectivity index (χ1) is 15.2. The van der Waals surface area contributed by atoms with Gasteiger partial charge in [-0.2, -0.15) is 0 Å². The lowest BCUT2D eigenvalue weighted by molar-refractivity contribution is -0.138. The van der Waals surface area contributed by atoms with Gasteiger partial charge >= 0.3 is 0 Å². The van der Waals surface area contributed by atoms with Gasteiger partial charge in [0.25, 0.3) is 0 Å². The number of carbonyl (C=O) groups is 1. The predicted octanol–water partition coefficient (Wildman–Crippen LogP) is 3.03. The lowest BCUT2D eigenvalue weighted by Gasteiger charge is -2.30. The van der Waals surface area contributed by atoms with E-state index in [4.69, 9.17) is 4.74 Å². The number of fused-ring (bicyclic) bond motifs is 1. The molecule has 0 spiro atoms. The van der Waals surface area contributed by atoms with Crippen LogP contribution >= 0.6 is 0 Å². The lowest BCUT2D eigenvalue weighted by atomic mass is 9.82. The van der Waals surface area contributed by atoms with Gasteiger partial charge in [-0.1, -0.05) is 54.6 Å². The molecular formula is C26H32N2O3. The molecule has 164 valence electrons. The summed E-state index contributed by atoms with van der Waals surface area (Å²) in [7, 11) is 0. The SMILES string of the molecule is O=C(C1CCOCC1)N1C[C@@H]2CN(Cc3ccccc3-c3ccccc3)C[C@]2(CO)C1. The summed E-state index contributed by atoms with van der Waals surface area (Å²) in [6.45, 7) is 5.62. The van der Waals surface area contributed by atoms with Gasteiger partial charge in [-0.15, -0.1) is 0 Å². The average molecular weight is 421 g/mol. The fourth-order valence-corrected chi connectivity index (χ4v) is 5.80. The first-order valence-electron chi connectivity index (χ1n) is 11.5. The van der Waals surface area contributed by atoms with Crippen molar-refractivity contribution < 1.29 is 14.6 Å². The molecule has 5 nitrogen and oxygen atoms in total. The molecule has 0 aromatic heterocycles. The number of nitrogens with zero attached hydrogens (tertiary/aromatic N) is 2. The molecular weight excluding hydrogens is 388 g/mol. The number of hydrogen-bond acceptors (Lipinski definition) is 4. The molecule has 2 atom stereocenters. The minimum atomic E-state index is -0.192. The Kier molecular flexibility index (Phi) is 5.83. The Balaban J connectivity index is 1.28. The van der Waals surface area contributed by atoms with Crippen molar-refractivity contribution in [1.82, 2.24) is 9.80 Å². The average Bonchev–Trinajstić information content (AvgIpc) is 3.34. The third-order valence-corrected chi connectivity index (χ3v) is 7.52. The molecule has 1 N–H and O–H groups in total. The summed E-state index contributed by atoms with van der Waals surface area (Å²) in [4.78, 5) is 17.5. The van der Waals surface area contributed by atoms with Crippen LogP contribution in [0.15, 0.2) is 54.6 Å². The summed E-state index contributed by atoms with van der Waals surface area (Å²) >= 11 is 0. The number of amides is 1. The Morgan fingerprint density at radius 3 is 2.48 bits per heavy atom. The van der Waals surface area contributed by atoms with Crippen molar-refractivity contribution in [3.05, 3.63) is 60.2 Å². The van der Waals surface area contributed by atoms with Gasteiger partial charge in [0.05, 0.1) is 6.61 Å². The predicted molar refractivity (Wildman–Crippen MR) is 120 cm³/mol. The smallest absolute Gasteiger partial charge is 0.225 e. The van der Waals surface area contributed by atoms with Crippen molar-refractivity contribution >= 4 is 5.91 Å². The topological polar surface area (TPSA) is 53.0 Å². The van der Waals surface area contributed by atoms with Crippen LogP contribution in [-0.2, 0) is 16.1 Å². The van der Waals surface area contributed by atoms with Crippen LogP contribution in [0.1, 0.15) is 18.4 Å². The summed E-state index contributed by atoms with van der Waals surface area (Å²) in [5.74, 6) is 0.703. The largest absolute Gasteiger partial charge is 0.396 e. The molecule has 3 aliphatic heterocycles. The molecule has 0 radical (unpaired) electrons.